The van der Waals surface area contributed by atoms with Crippen molar-refractivity contribution in [1.82, 2.24) is 9.99 Å². The smallest absolute Gasteiger partial charge is 0.273 e. The highest BCUT2D eigenvalue weighted by Gasteiger charge is 2.51. The SMILES string of the molecule is CN1C(C(F)(F)F)CC(=O)N1c1ccc(C#Cc2ccccc2)cn1. The fraction of sp³-hybridized carbons (Fsp3) is 0.222. The first-order valence-electron chi connectivity index (χ1n) is 7.52. The van der Waals surface area contributed by atoms with E-state index in [2.05, 4.69) is 16.8 Å². The number of hydrazine groups is 1. The van der Waals surface area contributed by atoms with Gasteiger partial charge in [-0.2, -0.15) is 13.2 Å². The fourth-order valence-electron chi connectivity index (χ4n) is 2.57. The van der Waals surface area contributed by atoms with Gasteiger partial charge in [0.1, 0.15) is 11.9 Å². The Morgan fingerprint density at radius 3 is 2.32 bits per heavy atom. The molecule has 7 heteroatoms. The molecule has 0 N–H and O–H groups in total. The fourth-order valence-corrected chi connectivity index (χ4v) is 2.57. The highest BCUT2D eigenvalue weighted by atomic mass is 19.4. The van der Waals surface area contributed by atoms with Gasteiger partial charge in [-0.25, -0.2) is 15.0 Å². The number of rotatable bonds is 1. The predicted octanol–water partition coefficient (Wildman–Crippen LogP) is 3.00. The number of halogens is 3. The molecule has 3 rings (SSSR count). The maximum Gasteiger partial charge on any atom is 0.406 e. The van der Waals surface area contributed by atoms with E-state index in [9.17, 15) is 18.0 Å². The van der Waals surface area contributed by atoms with E-state index in [0.717, 1.165) is 15.6 Å². The molecule has 1 aromatic carbocycles. The van der Waals surface area contributed by atoms with E-state index in [1.807, 2.05) is 30.3 Å². The van der Waals surface area contributed by atoms with Gasteiger partial charge in [0.2, 0.25) is 5.91 Å². The minimum Gasteiger partial charge on any atom is -0.273 e. The van der Waals surface area contributed by atoms with Crippen molar-refractivity contribution in [3.63, 3.8) is 0 Å². The highest BCUT2D eigenvalue weighted by molar-refractivity contribution is 5.94. The number of nitrogens with zero attached hydrogens (tertiary/aromatic N) is 3. The minimum atomic E-state index is -4.47. The van der Waals surface area contributed by atoms with Gasteiger partial charge >= 0.3 is 6.18 Å². The normalized spacial score (nSPS) is 18.2. The van der Waals surface area contributed by atoms with Crippen LogP contribution < -0.4 is 5.01 Å². The van der Waals surface area contributed by atoms with Gasteiger partial charge in [0.25, 0.3) is 0 Å². The number of aromatic nitrogens is 1. The molecule has 1 aromatic heterocycles. The van der Waals surface area contributed by atoms with Gasteiger partial charge in [-0.05, 0) is 24.3 Å². The first-order chi connectivity index (χ1) is 11.9. The standard InChI is InChI=1S/C18H14F3N3O/c1-23-15(18(19,20)21)11-17(25)24(23)16-10-9-14(12-22-16)8-7-13-5-3-2-4-6-13/h2-6,9-10,12,15H,11H2,1H3. The topological polar surface area (TPSA) is 36.4 Å². The molecule has 0 spiro atoms. The molecule has 128 valence electrons. The van der Waals surface area contributed by atoms with Gasteiger partial charge in [-0.1, -0.05) is 30.0 Å². The number of alkyl halides is 3. The van der Waals surface area contributed by atoms with Gasteiger partial charge in [0.05, 0.1) is 6.42 Å². The molecule has 1 amide bonds. The molecular weight excluding hydrogens is 331 g/mol. The van der Waals surface area contributed by atoms with Crippen LogP contribution in [-0.4, -0.2) is 35.2 Å². The average Bonchev–Trinajstić information content (AvgIpc) is 2.89. The summed E-state index contributed by atoms with van der Waals surface area (Å²) >= 11 is 0. The van der Waals surface area contributed by atoms with E-state index in [0.29, 0.717) is 5.56 Å². The Labute approximate surface area is 142 Å². The molecule has 1 saturated heterocycles. The molecule has 2 aromatic rings. The zero-order chi connectivity index (χ0) is 18.0. The number of carbonyl (C=O) groups excluding carboxylic acids is 1. The van der Waals surface area contributed by atoms with Gasteiger partial charge < -0.3 is 0 Å². The van der Waals surface area contributed by atoms with Gasteiger partial charge in [0.15, 0.2) is 0 Å². The number of amides is 1. The summed E-state index contributed by atoms with van der Waals surface area (Å²) in [5.74, 6) is 5.39. The number of hydrogen-bond donors (Lipinski definition) is 0. The molecule has 1 aliphatic rings. The molecule has 4 nitrogen and oxygen atoms in total. The summed E-state index contributed by atoms with van der Waals surface area (Å²) in [4.78, 5) is 16.0. The first kappa shape index (κ1) is 17.0. The molecule has 1 unspecified atom stereocenters. The quantitative estimate of drug-likeness (QED) is 0.746. The Morgan fingerprint density at radius 2 is 1.76 bits per heavy atom. The van der Waals surface area contributed by atoms with Crippen LogP contribution in [0.4, 0.5) is 19.0 Å². The van der Waals surface area contributed by atoms with Crippen LogP contribution in [0.25, 0.3) is 0 Å². The Hall–Kier alpha value is -2.85. The van der Waals surface area contributed by atoms with Crippen LogP contribution in [0.1, 0.15) is 17.5 Å². The van der Waals surface area contributed by atoms with Crippen LogP contribution in [0.5, 0.6) is 0 Å². The Kier molecular flexibility index (Phi) is 4.47. The lowest BCUT2D eigenvalue weighted by Crippen LogP contribution is -2.45. The summed E-state index contributed by atoms with van der Waals surface area (Å²) in [7, 11) is 1.23. The number of anilines is 1. The summed E-state index contributed by atoms with van der Waals surface area (Å²) < 4.78 is 38.8. The van der Waals surface area contributed by atoms with Crippen molar-refractivity contribution in [2.75, 3.05) is 12.1 Å². The third-order valence-corrected chi connectivity index (χ3v) is 3.84. The number of hydrogen-bond acceptors (Lipinski definition) is 3. The Balaban J connectivity index is 1.79. The van der Waals surface area contributed by atoms with Gasteiger partial charge in [-0.3, -0.25) is 4.79 Å². The van der Waals surface area contributed by atoms with Crippen molar-refractivity contribution >= 4 is 11.7 Å². The molecule has 0 saturated carbocycles. The second-order valence-electron chi connectivity index (χ2n) is 5.56. The maximum atomic E-state index is 12.9. The second kappa shape index (κ2) is 6.57. The van der Waals surface area contributed by atoms with E-state index in [-0.39, 0.29) is 5.82 Å². The van der Waals surface area contributed by atoms with Crippen molar-refractivity contribution < 1.29 is 18.0 Å². The average molecular weight is 345 g/mol. The molecule has 0 bridgehead atoms. The second-order valence-corrected chi connectivity index (χ2v) is 5.56. The third kappa shape index (κ3) is 3.64. The van der Waals surface area contributed by atoms with Crippen molar-refractivity contribution in [3.05, 3.63) is 59.8 Å². The molecule has 1 aliphatic heterocycles. The van der Waals surface area contributed by atoms with Crippen LogP contribution in [-0.2, 0) is 4.79 Å². The lowest BCUT2D eigenvalue weighted by atomic mass is 10.2. The third-order valence-electron chi connectivity index (χ3n) is 3.84. The van der Waals surface area contributed by atoms with Crippen LogP contribution >= 0.6 is 0 Å². The molecule has 0 aliphatic carbocycles. The molecule has 0 radical (unpaired) electrons. The van der Waals surface area contributed by atoms with Crippen molar-refractivity contribution in [1.29, 1.82) is 0 Å². The monoisotopic (exact) mass is 345 g/mol. The number of carbonyl (C=O) groups is 1. The lowest BCUT2D eigenvalue weighted by molar-refractivity contribution is -0.173. The molecule has 1 fully saturated rings. The molecular formula is C18H14F3N3O. The van der Waals surface area contributed by atoms with Crippen LogP contribution in [0.3, 0.4) is 0 Å². The summed E-state index contributed by atoms with van der Waals surface area (Å²) in [6, 6.07) is 10.6. The van der Waals surface area contributed by atoms with E-state index in [1.165, 1.54) is 19.3 Å². The summed E-state index contributed by atoms with van der Waals surface area (Å²) in [6.07, 6.45) is -3.65. The van der Waals surface area contributed by atoms with E-state index >= 15 is 0 Å². The zero-order valence-corrected chi connectivity index (χ0v) is 13.3. The van der Waals surface area contributed by atoms with Crippen molar-refractivity contribution in [2.45, 2.75) is 18.6 Å². The highest BCUT2D eigenvalue weighted by Crippen LogP contribution is 2.34. The van der Waals surface area contributed by atoms with Gasteiger partial charge in [-0.15, -0.1) is 0 Å². The molecule has 1 atom stereocenters. The Bertz CT molecular complexity index is 823. The lowest BCUT2D eigenvalue weighted by Gasteiger charge is -2.28. The summed E-state index contributed by atoms with van der Waals surface area (Å²) in [5, 5.41) is 1.83. The molecule has 25 heavy (non-hydrogen) atoms. The first-order valence-corrected chi connectivity index (χ1v) is 7.52. The summed E-state index contributed by atoms with van der Waals surface area (Å²) in [5.41, 5.74) is 1.45. The van der Waals surface area contributed by atoms with E-state index in [4.69, 9.17) is 0 Å². The predicted molar refractivity (Wildman–Crippen MR) is 86.4 cm³/mol. The summed E-state index contributed by atoms with van der Waals surface area (Å²) in [6.45, 7) is 0. The minimum absolute atomic E-state index is 0.143. The van der Waals surface area contributed by atoms with Crippen molar-refractivity contribution in [2.24, 2.45) is 0 Å². The van der Waals surface area contributed by atoms with Gasteiger partial charge in [0, 0.05) is 24.4 Å². The van der Waals surface area contributed by atoms with Crippen LogP contribution in [0.15, 0.2) is 48.7 Å². The van der Waals surface area contributed by atoms with E-state index in [1.54, 1.807) is 6.07 Å². The zero-order valence-electron chi connectivity index (χ0n) is 13.3. The van der Waals surface area contributed by atoms with E-state index < -0.39 is 24.5 Å². The number of pyridine rings is 1. The molecule has 2 heterocycles. The largest absolute Gasteiger partial charge is 0.406 e. The number of benzene rings is 1. The van der Waals surface area contributed by atoms with Crippen LogP contribution in [0.2, 0.25) is 0 Å². The van der Waals surface area contributed by atoms with Crippen LogP contribution in [0, 0.1) is 11.8 Å². The van der Waals surface area contributed by atoms with Crippen molar-refractivity contribution in [3.8, 4) is 11.8 Å². The maximum absolute atomic E-state index is 12.9. The Morgan fingerprint density at radius 1 is 1.08 bits per heavy atom.